The average molecular weight is 435 g/mol. The number of methoxy groups -OCH3 is 2. The van der Waals surface area contributed by atoms with Crippen molar-refractivity contribution in [3.05, 3.63) is 60.2 Å². The molecule has 1 N–H and O–H groups in total. The van der Waals surface area contributed by atoms with Crippen molar-refractivity contribution in [1.82, 2.24) is 10.3 Å². The van der Waals surface area contributed by atoms with Gasteiger partial charge in [-0.3, -0.25) is 4.79 Å². The van der Waals surface area contributed by atoms with Gasteiger partial charge in [-0.25, -0.2) is 4.98 Å². The molecule has 1 amide bonds. The zero-order chi connectivity index (χ0) is 22.5. The van der Waals surface area contributed by atoms with E-state index in [2.05, 4.69) is 27.2 Å². The minimum absolute atomic E-state index is 0.0732. The summed E-state index contributed by atoms with van der Waals surface area (Å²) in [6, 6.07) is 17.8. The van der Waals surface area contributed by atoms with E-state index in [0.717, 1.165) is 48.6 Å². The van der Waals surface area contributed by atoms with E-state index in [0.29, 0.717) is 12.2 Å². The van der Waals surface area contributed by atoms with Crippen LogP contribution in [0.3, 0.4) is 0 Å². The largest absolute Gasteiger partial charge is 0.497 e. The Kier molecular flexibility index (Phi) is 6.75. The lowest BCUT2D eigenvalue weighted by atomic mass is 10.1. The smallest absolute Gasteiger partial charge is 0.252 e. The number of piperazine rings is 1. The first kappa shape index (κ1) is 21.9. The summed E-state index contributed by atoms with van der Waals surface area (Å²) in [5.41, 5.74) is 2.65. The molecule has 0 aliphatic carbocycles. The molecule has 3 aromatic rings. The molecule has 4 rings (SSSR count). The standard InChI is InChI=1S/C25H30N4O3/c1-18(17-31-2)26-25(30)22-16-24(27-23-7-5-4-6-21(22)23)29-14-12-28(13-15-29)19-8-10-20(32-3)11-9-19/h4-11,16,18H,12-15,17H2,1-3H3,(H,26,30). The van der Waals surface area contributed by atoms with Gasteiger partial charge in [0.25, 0.3) is 5.91 Å². The number of benzene rings is 2. The summed E-state index contributed by atoms with van der Waals surface area (Å²) in [6.45, 7) is 5.83. The van der Waals surface area contributed by atoms with Crippen LogP contribution in [-0.4, -0.2) is 63.9 Å². The Labute approximate surface area is 188 Å². The van der Waals surface area contributed by atoms with Crippen LogP contribution < -0.4 is 19.9 Å². The number of fused-ring (bicyclic) bond motifs is 1. The number of carbonyl (C=O) groups excluding carboxylic acids is 1. The maximum absolute atomic E-state index is 13.0. The van der Waals surface area contributed by atoms with E-state index < -0.39 is 0 Å². The van der Waals surface area contributed by atoms with Crippen molar-refractivity contribution >= 4 is 28.3 Å². The van der Waals surface area contributed by atoms with E-state index >= 15 is 0 Å². The second-order valence-corrected chi connectivity index (χ2v) is 8.05. The van der Waals surface area contributed by atoms with Crippen molar-refractivity contribution in [2.24, 2.45) is 0 Å². The highest BCUT2D eigenvalue weighted by Crippen LogP contribution is 2.26. The number of para-hydroxylation sites is 1. The molecule has 0 saturated carbocycles. The van der Waals surface area contributed by atoms with Gasteiger partial charge in [0.2, 0.25) is 0 Å². The Morgan fingerprint density at radius 3 is 2.41 bits per heavy atom. The fourth-order valence-corrected chi connectivity index (χ4v) is 4.09. The molecule has 0 spiro atoms. The van der Waals surface area contributed by atoms with Gasteiger partial charge in [0, 0.05) is 50.4 Å². The minimum Gasteiger partial charge on any atom is -0.497 e. The summed E-state index contributed by atoms with van der Waals surface area (Å²) in [6.07, 6.45) is 0. The number of ether oxygens (including phenoxy) is 2. The summed E-state index contributed by atoms with van der Waals surface area (Å²) < 4.78 is 10.4. The number of anilines is 2. The molecule has 1 fully saturated rings. The molecule has 168 valence electrons. The second kappa shape index (κ2) is 9.87. The van der Waals surface area contributed by atoms with Crippen LogP contribution in [0.5, 0.6) is 5.75 Å². The van der Waals surface area contributed by atoms with Crippen molar-refractivity contribution in [3.8, 4) is 5.75 Å². The van der Waals surface area contributed by atoms with E-state index in [1.165, 1.54) is 5.69 Å². The van der Waals surface area contributed by atoms with E-state index in [-0.39, 0.29) is 11.9 Å². The highest BCUT2D eigenvalue weighted by Gasteiger charge is 2.21. The number of hydrogen-bond donors (Lipinski definition) is 1. The summed E-state index contributed by atoms with van der Waals surface area (Å²) in [4.78, 5) is 22.5. The number of hydrogen-bond acceptors (Lipinski definition) is 6. The molecule has 1 unspecified atom stereocenters. The van der Waals surface area contributed by atoms with E-state index in [4.69, 9.17) is 14.5 Å². The van der Waals surface area contributed by atoms with Gasteiger partial charge in [-0.2, -0.15) is 0 Å². The first-order chi connectivity index (χ1) is 15.6. The number of carbonyl (C=O) groups is 1. The first-order valence-corrected chi connectivity index (χ1v) is 10.9. The second-order valence-electron chi connectivity index (χ2n) is 8.05. The molecule has 1 aromatic heterocycles. The first-order valence-electron chi connectivity index (χ1n) is 10.9. The zero-order valence-electron chi connectivity index (χ0n) is 18.9. The maximum atomic E-state index is 13.0. The molecule has 1 aliphatic heterocycles. The van der Waals surface area contributed by atoms with E-state index in [9.17, 15) is 4.79 Å². The normalized spacial score (nSPS) is 15.0. The molecule has 32 heavy (non-hydrogen) atoms. The quantitative estimate of drug-likeness (QED) is 0.615. The Morgan fingerprint density at radius 1 is 1.03 bits per heavy atom. The third kappa shape index (κ3) is 4.78. The van der Waals surface area contributed by atoms with Crippen LogP contribution in [-0.2, 0) is 4.74 Å². The lowest BCUT2D eigenvalue weighted by Crippen LogP contribution is -2.47. The number of nitrogens with one attached hydrogen (secondary N) is 1. The van der Waals surface area contributed by atoms with Crippen LogP contribution in [0.15, 0.2) is 54.6 Å². The van der Waals surface area contributed by atoms with Crippen molar-refractivity contribution in [1.29, 1.82) is 0 Å². The average Bonchev–Trinajstić information content (AvgIpc) is 2.83. The van der Waals surface area contributed by atoms with Crippen LogP contribution >= 0.6 is 0 Å². The molecular formula is C25H30N4O3. The predicted octanol–water partition coefficient (Wildman–Crippen LogP) is 3.33. The molecule has 1 saturated heterocycles. The summed E-state index contributed by atoms with van der Waals surface area (Å²) in [5, 5.41) is 3.89. The minimum atomic E-state index is -0.105. The molecule has 0 radical (unpaired) electrons. The monoisotopic (exact) mass is 434 g/mol. The summed E-state index contributed by atoms with van der Waals surface area (Å²) in [5.74, 6) is 1.59. The number of amides is 1. The van der Waals surface area contributed by atoms with Gasteiger partial charge in [-0.1, -0.05) is 18.2 Å². The van der Waals surface area contributed by atoms with Gasteiger partial charge >= 0.3 is 0 Å². The topological polar surface area (TPSA) is 66.9 Å². The Bertz CT molecular complexity index is 1060. The lowest BCUT2D eigenvalue weighted by Gasteiger charge is -2.37. The Morgan fingerprint density at radius 2 is 1.72 bits per heavy atom. The van der Waals surface area contributed by atoms with Gasteiger partial charge in [0.15, 0.2) is 0 Å². The van der Waals surface area contributed by atoms with Gasteiger partial charge < -0.3 is 24.6 Å². The highest BCUT2D eigenvalue weighted by molar-refractivity contribution is 6.07. The van der Waals surface area contributed by atoms with Crippen LogP contribution in [0.2, 0.25) is 0 Å². The van der Waals surface area contributed by atoms with Crippen molar-refractivity contribution < 1.29 is 14.3 Å². The molecule has 2 heterocycles. The van der Waals surface area contributed by atoms with Crippen LogP contribution in [0.1, 0.15) is 17.3 Å². The zero-order valence-corrected chi connectivity index (χ0v) is 18.9. The third-order valence-electron chi connectivity index (χ3n) is 5.78. The van der Waals surface area contributed by atoms with Gasteiger partial charge in [0.05, 0.1) is 24.8 Å². The summed E-state index contributed by atoms with van der Waals surface area (Å²) in [7, 11) is 3.31. The third-order valence-corrected chi connectivity index (χ3v) is 5.78. The molecule has 1 aliphatic rings. The molecule has 7 nitrogen and oxygen atoms in total. The number of pyridine rings is 1. The van der Waals surface area contributed by atoms with Gasteiger partial charge in [0.1, 0.15) is 11.6 Å². The van der Waals surface area contributed by atoms with Crippen LogP contribution in [0, 0.1) is 0 Å². The summed E-state index contributed by atoms with van der Waals surface area (Å²) >= 11 is 0. The maximum Gasteiger partial charge on any atom is 0.252 e. The van der Waals surface area contributed by atoms with Crippen LogP contribution in [0.4, 0.5) is 11.5 Å². The van der Waals surface area contributed by atoms with Gasteiger partial charge in [-0.15, -0.1) is 0 Å². The van der Waals surface area contributed by atoms with Crippen molar-refractivity contribution in [2.45, 2.75) is 13.0 Å². The Hall–Kier alpha value is -3.32. The number of rotatable bonds is 7. The van der Waals surface area contributed by atoms with Gasteiger partial charge in [-0.05, 0) is 43.3 Å². The fourth-order valence-electron chi connectivity index (χ4n) is 4.09. The van der Waals surface area contributed by atoms with Crippen molar-refractivity contribution in [2.75, 3.05) is 56.8 Å². The molecule has 2 aromatic carbocycles. The van der Waals surface area contributed by atoms with Crippen LogP contribution in [0.25, 0.3) is 10.9 Å². The Balaban J connectivity index is 1.53. The predicted molar refractivity (Wildman–Crippen MR) is 128 cm³/mol. The fraction of sp³-hybridized carbons (Fsp3) is 0.360. The molecule has 1 atom stereocenters. The lowest BCUT2D eigenvalue weighted by molar-refractivity contribution is 0.0907. The molecular weight excluding hydrogens is 404 g/mol. The van der Waals surface area contributed by atoms with Crippen molar-refractivity contribution in [3.63, 3.8) is 0 Å². The van der Waals surface area contributed by atoms with E-state index in [1.54, 1.807) is 14.2 Å². The number of aromatic nitrogens is 1. The van der Waals surface area contributed by atoms with E-state index in [1.807, 2.05) is 49.4 Å². The number of nitrogens with zero attached hydrogens (tertiary/aromatic N) is 3. The highest BCUT2D eigenvalue weighted by atomic mass is 16.5. The molecule has 7 heteroatoms. The SMILES string of the molecule is COCC(C)NC(=O)c1cc(N2CCN(c3ccc(OC)cc3)CC2)nc2ccccc12. The molecule has 0 bridgehead atoms.